The number of thioether (sulfide) groups is 1. The number of carboxylic acid groups (broad SMARTS) is 1. The zero-order chi connectivity index (χ0) is 14.2. The smallest absolute Gasteiger partial charge is 0.353 e. The van der Waals surface area contributed by atoms with E-state index in [1.54, 1.807) is 6.92 Å². The predicted molar refractivity (Wildman–Crippen MR) is 71.2 cm³/mol. The third kappa shape index (κ3) is 2.37. The Morgan fingerprint density at radius 2 is 2.32 bits per heavy atom. The molecule has 0 spiro atoms. The molecule has 19 heavy (non-hydrogen) atoms. The van der Waals surface area contributed by atoms with Crippen LogP contribution in [0.2, 0.25) is 0 Å². The van der Waals surface area contributed by atoms with Crippen LogP contribution in [0, 0.1) is 5.92 Å². The summed E-state index contributed by atoms with van der Waals surface area (Å²) in [5, 5.41) is 18.8. The highest BCUT2D eigenvalue weighted by Gasteiger charge is 2.56. The van der Waals surface area contributed by atoms with Crippen molar-refractivity contribution in [1.82, 2.24) is 4.90 Å². The fourth-order valence-electron chi connectivity index (χ4n) is 2.64. The van der Waals surface area contributed by atoms with Gasteiger partial charge in [-0.05, 0) is 25.6 Å². The van der Waals surface area contributed by atoms with Gasteiger partial charge in [-0.15, -0.1) is 11.8 Å². The summed E-state index contributed by atoms with van der Waals surface area (Å²) in [6.45, 7) is 2.13. The summed E-state index contributed by atoms with van der Waals surface area (Å²) in [5.74, 6) is -1.08. The van der Waals surface area contributed by atoms with Crippen LogP contribution in [-0.2, 0) is 9.59 Å². The van der Waals surface area contributed by atoms with Gasteiger partial charge in [0.1, 0.15) is 5.70 Å². The Kier molecular flexibility index (Phi) is 4.17. The van der Waals surface area contributed by atoms with Crippen molar-refractivity contribution in [3.05, 3.63) is 10.6 Å². The molecule has 106 valence electrons. The van der Waals surface area contributed by atoms with E-state index >= 15 is 0 Å². The van der Waals surface area contributed by atoms with Crippen LogP contribution in [0.5, 0.6) is 0 Å². The Labute approximate surface area is 115 Å². The standard InChI is InChI=1S/C12H18N2O4S/c1-6(15)9-7-5-8(19-4-2-3-13)10(12(17)18)14(7)11(9)16/h6-7,9,15H,2-5,13H2,1H3,(H,17,18)/t6?,7-,9+/m1/s1. The Morgan fingerprint density at radius 3 is 2.84 bits per heavy atom. The van der Waals surface area contributed by atoms with Gasteiger partial charge in [0.25, 0.3) is 0 Å². The lowest BCUT2D eigenvalue weighted by atomic mass is 9.83. The number of hydrogen-bond donors (Lipinski definition) is 3. The molecule has 7 heteroatoms. The molecule has 2 rings (SSSR count). The van der Waals surface area contributed by atoms with E-state index in [0.29, 0.717) is 13.0 Å². The zero-order valence-corrected chi connectivity index (χ0v) is 11.5. The van der Waals surface area contributed by atoms with Crippen molar-refractivity contribution in [3.63, 3.8) is 0 Å². The van der Waals surface area contributed by atoms with Crippen molar-refractivity contribution in [1.29, 1.82) is 0 Å². The predicted octanol–water partition coefficient (Wildman–Crippen LogP) is -0.0239. The lowest BCUT2D eigenvalue weighted by molar-refractivity contribution is -0.161. The molecule has 1 fully saturated rings. The maximum Gasteiger partial charge on any atom is 0.353 e. The Balaban J connectivity index is 2.14. The molecule has 0 saturated carbocycles. The average molecular weight is 286 g/mol. The number of rotatable bonds is 6. The summed E-state index contributed by atoms with van der Waals surface area (Å²) in [4.78, 5) is 25.3. The van der Waals surface area contributed by atoms with Crippen LogP contribution in [0.1, 0.15) is 19.8 Å². The van der Waals surface area contributed by atoms with E-state index in [2.05, 4.69) is 0 Å². The number of aliphatic hydroxyl groups is 1. The lowest BCUT2D eigenvalue weighted by Crippen LogP contribution is -2.61. The number of nitrogens with two attached hydrogens (primary N) is 1. The first kappa shape index (κ1) is 14.4. The molecule has 2 heterocycles. The van der Waals surface area contributed by atoms with Gasteiger partial charge in [0.15, 0.2) is 0 Å². The van der Waals surface area contributed by atoms with Gasteiger partial charge in [0.05, 0.1) is 18.1 Å². The van der Waals surface area contributed by atoms with Crippen molar-refractivity contribution in [2.75, 3.05) is 12.3 Å². The molecule has 6 nitrogen and oxygen atoms in total. The molecule has 1 unspecified atom stereocenters. The fourth-order valence-corrected chi connectivity index (χ4v) is 3.81. The largest absolute Gasteiger partial charge is 0.477 e. The summed E-state index contributed by atoms with van der Waals surface area (Å²) >= 11 is 1.45. The molecule has 3 atom stereocenters. The Morgan fingerprint density at radius 1 is 1.63 bits per heavy atom. The van der Waals surface area contributed by atoms with Crippen molar-refractivity contribution >= 4 is 23.6 Å². The Bertz CT molecular complexity index is 435. The minimum absolute atomic E-state index is 0.0916. The molecule has 2 aliphatic heterocycles. The van der Waals surface area contributed by atoms with E-state index in [0.717, 1.165) is 17.1 Å². The van der Waals surface area contributed by atoms with Crippen LogP contribution in [0.4, 0.5) is 0 Å². The minimum Gasteiger partial charge on any atom is -0.477 e. The van der Waals surface area contributed by atoms with Crippen molar-refractivity contribution in [2.24, 2.45) is 11.7 Å². The minimum atomic E-state index is -1.07. The molecule has 1 saturated heterocycles. The number of aliphatic hydroxyl groups excluding tert-OH is 1. The molecule has 2 aliphatic rings. The normalized spacial score (nSPS) is 27.3. The summed E-state index contributed by atoms with van der Waals surface area (Å²) in [7, 11) is 0. The highest BCUT2D eigenvalue weighted by atomic mass is 32.2. The average Bonchev–Trinajstić information content (AvgIpc) is 2.64. The van der Waals surface area contributed by atoms with Gasteiger partial charge in [-0.3, -0.25) is 4.79 Å². The lowest BCUT2D eigenvalue weighted by Gasteiger charge is -2.44. The first-order valence-corrected chi connectivity index (χ1v) is 7.28. The fraction of sp³-hybridized carbons (Fsp3) is 0.667. The SMILES string of the molecule is CC(O)[C@@H]1C(=O)N2C(C(=O)O)=C(SCCCN)C[C@H]12. The quantitative estimate of drug-likeness (QED) is 0.468. The van der Waals surface area contributed by atoms with Gasteiger partial charge in [0.2, 0.25) is 5.91 Å². The van der Waals surface area contributed by atoms with Crippen LogP contribution < -0.4 is 5.73 Å². The van der Waals surface area contributed by atoms with Crippen LogP contribution in [0.15, 0.2) is 10.6 Å². The number of fused-ring (bicyclic) bond motifs is 1. The number of β-lactam (4-membered cyclic amide) rings is 1. The second-order valence-corrected chi connectivity index (χ2v) is 6.00. The van der Waals surface area contributed by atoms with E-state index < -0.39 is 18.0 Å². The topological polar surface area (TPSA) is 104 Å². The van der Waals surface area contributed by atoms with E-state index in [9.17, 15) is 19.8 Å². The zero-order valence-electron chi connectivity index (χ0n) is 10.7. The van der Waals surface area contributed by atoms with Gasteiger partial charge in [-0.25, -0.2) is 4.79 Å². The second kappa shape index (κ2) is 5.52. The summed E-state index contributed by atoms with van der Waals surface area (Å²) in [6.07, 6.45) is 0.592. The van der Waals surface area contributed by atoms with Gasteiger partial charge >= 0.3 is 5.97 Å². The van der Waals surface area contributed by atoms with Crippen LogP contribution in [0.3, 0.4) is 0 Å². The summed E-state index contributed by atoms with van der Waals surface area (Å²) < 4.78 is 0. The first-order chi connectivity index (χ1) is 8.99. The molecule has 0 aromatic carbocycles. The Hall–Kier alpha value is -1.05. The second-order valence-electron chi connectivity index (χ2n) is 4.81. The monoisotopic (exact) mass is 286 g/mol. The number of carbonyl (C=O) groups excluding carboxylic acids is 1. The maximum atomic E-state index is 11.9. The van der Waals surface area contributed by atoms with Crippen molar-refractivity contribution < 1.29 is 19.8 Å². The first-order valence-electron chi connectivity index (χ1n) is 6.29. The van der Waals surface area contributed by atoms with Crippen molar-refractivity contribution in [3.8, 4) is 0 Å². The van der Waals surface area contributed by atoms with E-state index in [1.807, 2.05) is 0 Å². The van der Waals surface area contributed by atoms with Gasteiger partial charge in [0, 0.05) is 11.3 Å². The molecule has 0 bridgehead atoms. The van der Waals surface area contributed by atoms with Crippen LogP contribution in [0.25, 0.3) is 0 Å². The molecular weight excluding hydrogens is 268 g/mol. The maximum absolute atomic E-state index is 11.9. The third-order valence-corrected chi connectivity index (χ3v) is 4.72. The molecule has 0 radical (unpaired) electrons. The number of hydrogen-bond acceptors (Lipinski definition) is 5. The molecule has 4 N–H and O–H groups in total. The van der Waals surface area contributed by atoms with Gasteiger partial charge in [-0.2, -0.15) is 0 Å². The van der Waals surface area contributed by atoms with Crippen LogP contribution in [-0.4, -0.2) is 51.4 Å². The number of carboxylic acids is 1. The summed E-state index contributed by atoms with van der Waals surface area (Å²) in [5.41, 5.74) is 5.51. The van der Waals surface area contributed by atoms with Crippen LogP contribution >= 0.6 is 11.8 Å². The van der Waals surface area contributed by atoms with Crippen molar-refractivity contribution in [2.45, 2.75) is 31.9 Å². The van der Waals surface area contributed by atoms with E-state index in [1.165, 1.54) is 16.7 Å². The van der Waals surface area contributed by atoms with E-state index in [-0.39, 0.29) is 17.6 Å². The number of amides is 1. The molecule has 0 aromatic rings. The van der Waals surface area contributed by atoms with Gasteiger partial charge < -0.3 is 20.8 Å². The number of carbonyl (C=O) groups is 2. The third-order valence-electron chi connectivity index (χ3n) is 3.52. The highest BCUT2D eigenvalue weighted by Crippen LogP contribution is 2.46. The van der Waals surface area contributed by atoms with Gasteiger partial charge in [-0.1, -0.05) is 0 Å². The molecular formula is C12H18N2O4S. The molecule has 0 aromatic heterocycles. The summed E-state index contributed by atoms with van der Waals surface area (Å²) in [6, 6.07) is -0.195. The van der Waals surface area contributed by atoms with E-state index in [4.69, 9.17) is 5.73 Å². The number of nitrogens with zero attached hydrogens (tertiary/aromatic N) is 1. The highest BCUT2D eigenvalue weighted by molar-refractivity contribution is 8.03. The molecule has 0 aliphatic carbocycles. The molecule has 1 amide bonds. The number of aliphatic carboxylic acids is 1.